The third-order valence-corrected chi connectivity index (χ3v) is 5.63. The number of aryl methyl sites for hydroxylation is 1. The number of carbonyl (C=O) groups is 1. The zero-order valence-electron chi connectivity index (χ0n) is 14.9. The molecule has 0 spiro atoms. The van der Waals surface area contributed by atoms with Crippen LogP contribution in [-0.2, 0) is 13.1 Å². The van der Waals surface area contributed by atoms with Gasteiger partial charge in [-0.15, -0.1) is 0 Å². The van der Waals surface area contributed by atoms with Crippen molar-refractivity contribution in [3.05, 3.63) is 53.3 Å². The molecular weight excluding hydrogens is 326 g/mol. The molecule has 1 N–H and O–H groups in total. The highest BCUT2D eigenvalue weighted by Gasteiger charge is 2.55. The number of carbonyl (C=O) groups excluding carboxylic acids is 1. The van der Waals surface area contributed by atoms with Crippen molar-refractivity contribution in [2.45, 2.75) is 20.0 Å². The maximum atomic E-state index is 12.2. The number of benzene rings is 1. The van der Waals surface area contributed by atoms with Crippen molar-refractivity contribution in [3.8, 4) is 6.07 Å². The van der Waals surface area contributed by atoms with Crippen LogP contribution in [0, 0.1) is 29.1 Å². The summed E-state index contributed by atoms with van der Waals surface area (Å²) in [6.45, 7) is 6.59. The Morgan fingerprint density at radius 2 is 2.19 bits per heavy atom. The Morgan fingerprint density at radius 1 is 1.38 bits per heavy atom. The van der Waals surface area contributed by atoms with Gasteiger partial charge in [-0.2, -0.15) is 10.4 Å². The summed E-state index contributed by atoms with van der Waals surface area (Å²) in [5.74, 6) is 1.95. The molecule has 1 aliphatic carbocycles. The van der Waals surface area contributed by atoms with Crippen molar-refractivity contribution in [1.82, 2.24) is 20.0 Å². The lowest BCUT2D eigenvalue weighted by Gasteiger charge is -2.19. The van der Waals surface area contributed by atoms with Gasteiger partial charge in [0, 0.05) is 38.9 Å². The van der Waals surface area contributed by atoms with Gasteiger partial charge in [-0.3, -0.25) is 14.4 Å². The topological polar surface area (TPSA) is 74.0 Å². The first kappa shape index (κ1) is 16.8. The van der Waals surface area contributed by atoms with Crippen molar-refractivity contribution in [2.75, 3.05) is 19.6 Å². The molecule has 6 heteroatoms. The maximum Gasteiger partial charge on any atom is 0.254 e. The van der Waals surface area contributed by atoms with Crippen LogP contribution in [0.15, 0.2) is 36.7 Å². The van der Waals surface area contributed by atoms with Gasteiger partial charge in [-0.25, -0.2) is 0 Å². The summed E-state index contributed by atoms with van der Waals surface area (Å²) in [6, 6.07) is 10.0. The van der Waals surface area contributed by atoms with E-state index in [0.717, 1.165) is 38.3 Å². The predicted molar refractivity (Wildman–Crippen MR) is 97.1 cm³/mol. The number of piperidine rings is 1. The number of amides is 1. The Kier molecular flexibility index (Phi) is 4.48. The fourth-order valence-electron chi connectivity index (χ4n) is 4.13. The molecule has 1 aromatic carbocycles. The fourth-order valence-corrected chi connectivity index (χ4v) is 4.13. The van der Waals surface area contributed by atoms with Crippen LogP contribution in [0.4, 0.5) is 0 Å². The van der Waals surface area contributed by atoms with Crippen LogP contribution in [0.5, 0.6) is 0 Å². The third-order valence-electron chi connectivity index (χ3n) is 5.63. The fraction of sp³-hybridized carbons (Fsp3) is 0.450. The predicted octanol–water partition coefficient (Wildman–Crippen LogP) is 1.88. The van der Waals surface area contributed by atoms with Gasteiger partial charge in [0.05, 0.1) is 23.4 Å². The van der Waals surface area contributed by atoms with E-state index in [4.69, 9.17) is 5.26 Å². The van der Waals surface area contributed by atoms with Gasteiger partial charge in [0.15, 0.2) is 0 Å². The van der Waals surface area contributed by atoms with Gasteiger partial charge >= 0.3 is 0 Å². The summed E-state index contributed by atoms with van der Waals surface area (Å²) in [4.78, 5) is 14.6. The number of nitriles is 1. The first-order chi connectivity index (χ1) is 12.7. The van der Waals surface area contributed by atoms with Crippen LogP contribution in [0.1, 0.15) is 28.4 Å². The number of hydrogen-bond acceptors (Lipinski definition) is 4. The highest BCUT2D eigenvalue weighted by Crippen LogP contribution is 2.51. The van der Waals surface area contributed by atoms with Crippen LogP contribution >= 0.6 is 0 Å². The number of hydrogen-bond donors (Lipinski definition) is 1. The Balaban J connectivity index is 1.23. The van der Waals surface area contributed by atoms with Crippen LogP contribution in [0.2, 0.25) is 0 Å². The molecule has 26 heavy (non-hydrogen) atoms. The molecule has 2 heterocycles. The van der Waals surface area contributed by atoms with E-state index in [9.17, 15) is 4.79 Å². The minimum absolute atomic E-state index is 0.0279. The van der Waals surface area contributed by atoms with E-state index in [2.05, 4.69) is 27.5 Å². The molecule has 4 rings (SSSR count). The van der Waals surface area contributed by atoms with Gasteiger partial charge in [-0.1, -0.05) is 12.1 Å². The molecule has 2 atom stereocenters. The average molecular weight is 349 g/mol. The summed E-state index contributed by atoms with van der Waals surface area (Å²) >= 11 is 0. The zero-order chi connectivity index (χ0) is 18.1. The second-order valence-electron chi connectivity index (χ2n) is 7.29. The molecule has 1 saturated heterocycles. The lowest BCUT2D eigenvalue weighted by molar-refractivity contribution is 0.0949. The monoisotopic (exact) mass is 349 g/mol. The molecule has 1 saturated carbocycles. The molecule has 1 amide bonds. The summed E-state index contributed by atoms with van der Waals surface area (Å²) in [5.41, 5.74) is 2.55. The first-order valence-electron chi connectivity index (χ1n) is 9.20. The van der Waals surface area contributed by atoms with Gasteiger partial charge < -0.3 is 5.32 Å². The molecule has 1 aliphatic heterocycles. The summed E-state index contributed by atoms with van der Waals surface area (Å²) in [7, 11) is 0. The first-order valence-corrected chi connectivity index (χ1v) is 9.20. The summed E-state index contributed by atoms with van der Waals surface area (Å²) < 4.78 is 1.76. The Labute approximate surface area is 153 Å². The number of aromatic nitrogens is 2. The zero-order valence-corrected chi connectivity index (χ0v) is 14.9. The van der Waals surface area contributed by atoms with Crippen molar-refractivity contribution >= 4 is 5.91 Å². The third kappa shape index (κ3) is 3.35. The van der Waals surface area contributed by atoms with Gasteiger partial charge in [0.25, 0.3) is 5.91 Å². The average Bonchev–Trinajstić information content (AvgIpc) is 3.04. The lowest BCUT2D eigenvalue weighted by atomic mass is 10.1. The van der Waals surface area contributed by atoms with E-state index >= 15 is 0 Å². The lowest BCUT2D eigenvalue weighted by Crippen LogP contribution is -2.30. The second kappa shape index (κ2) is 6.93. The normalized spacial score (nSPS) is 24.1. The molecule has 2 fully saturated rings. The van der Waals surface area contributed by atoms with E-state index in [-0.39, 0.29) is 5.91 Å². The summed E-state index contributed by atoms with van der Waals surface area (Å²) in [5, 5.41) is 16.2. The number of rotatable bonds is 6. The van der Waals surface area contributed by atoms with Gasteiger partial charge in [-0.05, 0) is 42.4 Å². The highest BCUT2D eigenvalue weighted by atomic mass is 16.1. The van der Waals surface area contributed by atoms with Crippen molar-refractivity contribution in [2.24, 2.45) is 17.8 Å². The molecule has 6 nitrogen and oxygen atoms in total. The molecule has 0 radical (unpaired) electrons. The number of nitrogens with one attached hydrogen (secondary N) is 1. The van der Waals surface area contributed by atoms with E-state index in [1.807, 2.05) is 25.1 Å². The molecule has 2 unspecified atom stereocenters. The maximum absolute atomic E-state index is 12.2. The standard InChI is InChI=1S/C20H23N5O/c1-2-25-11-16(8-23-25)20(26)22-9-17-18-12-24(13-19(17)18)10-15-5-3-4-14(6-15)7-21/h3-6,8,11,17-19H,2,9-10,12-13H2,1H3,(H,22,26). The molecule has 0 bridgehead atoms. The highest BCUT2D eigenvalue weighted by molar-refractivity contribution is 5.93. The van der Waals surface area contributed by atoms with Crippen molar-refractivity contribution < 1.29 is 4.79 Å². The van der Waals surface area contributed by atoms with Crippen LogP contribution < -0.4 is 5.32 Å². The minimum Gasteiger partial charge on any atom is -0.352 e. The smallest absolute Gasteiger partial charge is 0.254 e. The molecule has 134 valence electrons. The second-order valence-corrected chi connectivity index (χ2v) is 7.29. The van der Waals surface area contributed by atoms with Crippen LogP contribution in [0.25, 0.3) is 0 Å². The molecular formula is C20H23N5O. The van der Waals surface area contributed by atoms with Crippen molar-refractivity contribution in [3.63, 3.8) is 0 Å². The SMILES string of the molecule is CCn1cc(C(=O)NCC2C3CN(Cc4cccc(C#N)c4)CC23)cn1. The van der Waals surface area contributed by atoms with E-state index in [1.54, 1.807) is 17.1 Å². The quantitative estimate of drug-likeness (QED) is 0.864. The molecule has 2 aromatic rings. The minimum atomic E-state index is -0.0279. The van der Waals surface area contributed by atoms with E-state index in [0.29, 0.717) is 23.3 Å². The number of nitrogens with zero attached hydrogens (tertiary/aromatic N) is 4. The van der Waals surface area contributed by atoms with Crippen LogP contribution in [0.3, 0.4) is 0 Å². The number of fused-ring (bicyclic) bond motifs is 1. The van der Waals surface area contributed by atoms with Gasteiger partial charge in [0.2, 0.25) is 0 Å². The molecule has 2 aliphatic rings. The number of likely N-dealkylation sites (tertiary alicyclic amines) is 1. The van der Waals surface area contributed by atoms with Gasteiger partial charge in [0.1, 0.15) is 0 Å². The van der Waals surface area contributed by atoms with E-state index < -0.39 is 0 Å². The van der Waals surface area contributed by atoms with Crippen molar-refractivity contribution in [1.29, 1.82) is 5.26 Å². The Bertz CT molecular complexity index is 840. The molecule has 1 aromatic heterocycles. The van der Waals surface area contributed by atoms with E-state index in [1.165, 1.54) is 5.56 Å². The largest absolute Gasteiger partial charge is 0.352 e. The Morgan fingerprint density at radius 3 is 2.88 bits per heavy atom. The van der Waals surface area contributed by atoms with Crippen LogP contribution in [-0.4, -0.2) is 40.2 Å². The Hall–Kier alpha value is -2.65. The summed E-state index contributed by atoms with van der Waals surface area (Å²) in [6.07, 6.45) is 3.42.